The summed E-state index contributed by atoms with van der Waals surface area (Å²) in [5.41, 5.74) is 0. The third kappa shape index (κ3) is 3.14. The molecule has 1 unspecified atom stereocenters. The molecule has 2 aromatic heterocycles. The summed E-state index contributed by atoms with van der Waals surface area (Å²) in [7, 11) is 2.01. The molecule has 8 nitrogen and oxygen atoms in total. The highest BCUT2D eigenvalue weighted by atomic mass is 32.2. The molecule has 1 atom stereocenters. The number of sulfonamides is 1. The molecule has 1 aliphatic rings. The standard InChI is InChI=1S/C15H22N6O2S/c1-16-24(22,23)12-4-5-14(18-10-12)21-9-8-19(2)13(11-21)15-17-6-7-20(15)3/h4-7,10,13,16H,8-9,11H2,1-3H3. The molecule has 1 aliphatic heterocycles. The largest absolute Gasteiger partial charge is 0.353 e. The first-order chi connectivity index (χ1) is 11.4. The van der Waals surface area contributed by atoms with Crippen LogP contribution in [0.25, 0.3) is 0 Å². The van der Waals surface area contributed by atoms with E-state index in [4.69, 9.17) is 0 Å². The van der Waals surface area contributed by atoms with Gasteiger partial charge < -0.3 is 9.47 Å². The predicted octanol–water partition coefficient (Wildman–Crippen LogP) is 0.216. The summed E-state index contributed by atoms with van der Waals surface area (Å²) in [6.45, 7) is 2.48. The van der Waals surface area contributed by atoms with Crippen LogP contribution in [0.15, 0.2) is 35.6 Å². The molecule has 3 heterocycles. The predicted molar refractivity (Wildman–Crippen MR) is 91.3 cm³/mol. The van der Waals surface area contributed by atoms with E-state index in [1.54, 1.807) is 18.3 Å². The molecule has 2 aromatic rings. The van der Waals surface area contributed by atoms with Gasteiger partial charge in [-0.3, -0.25) is 4.90 Å². The summed E-state index contributed by atoms with van der Waals surface area (Å²) in [4.78, 5) is 13.4. The fraction of sp³-hybridized carbons (Fsp3) is 0.467. The van der Waals surface area contributed by atoms with Crippen LogP contribution >= 0.6 is 0 Å². The van der Waals surface area contributed by atoms with Crippen molar-refractivity contribution >= 4 is 15.8 Å². The van der Waals surface area contributed by atoms with Crippen LogP contribution in [0.4, 0.5) is 5.82 Å². The third-order valence-electron chi connectivity index (χ3n) is 4.43. The summed E-state index contributed by atoms with van der Waals surface area (Å²) in [5.74, 6) is 1.79. The summed E-state index contributed by atoms with van der Waals surface area (Å²) in [6.07, 6.45) is 5.14. The molecular formula is C15H22N6O2S. The maximum atomic E-state index is 11.8. The van der Waals surface area contributed by atoms with Gasteiger partial charge in [0.25, 0.3) is 0 Å². The second-order valence-electron chi connectivity index (χ2n) is 5.90. The molecule has 24 heavy (non-hydrogen) atoms. The maximum Gasteiger partial charge on any atom is 0.241 e. The van der Waals surface area contributed by atoms with Gasteiger partial charge in [-0.05, 0) is 26.2 Å². The van der Waals surface area contributed by atoms with Gasteiger partial charge >= 0.3 is 0 Å². The van der Waals surface area contributed by atoms with Gasteiger partial charge in [-0.1, -0.05) is 0 Å². The van der Waals surface area contributed by atoms with E-state index in [1.807, 2.05) is 17.8 Å². The number of nitrogens with zero attached hydrogens (tertiary/aromatic N) is 5. The number of hydrogen-bond donors (Lipinski definition) is 1. The second kappa shape index (κ2) is 6.50. The SMILES string of the molecule is CNS(=O)(=O)c1ccc(N2CCN(C)C(c3nccn3C)C2)nc1. The highest BCUT2D eigenvalue weighted by Gasteiger charge is 2.29. The van der Waals surface area contributed by atoms with Crippen LogP contribution in [0.3, 0.4) is 0 Å². The Morgan fingerprint density at radius 2 is 2.00 bits per heavy atom. The number of likely N-dealkylation sites (N-methyl/N-ethyl adjacent to an activating group) is 1. The molecule has 1 N–H and O–H groups in total. The van der Waals surface area contributed by atoms with Crippen LogP contribution < -0.4 is 9.62 Å². The molecule has 9 heteroatoms. The number of imidazole rings is 1. The second-order valence-corrected chi connectivity index (χ2v) is 7.78. The van der Waals surface area contributed by atoms with Crippen molar-refractivity contribution in [2.45, 2.75) is 10.9 Å². The third-order valence-corrected chi connectivity index (χ3v) is 5.83. The van der Waals surface area contributed by atoms with Gasteiger partial charge in [-0.25, -0.2) is 23.1 Å². The fourth-order valence-corrected chi connectivity index (χ4v) is 3.57. The Bertz CT molecular complexity index is 802. The van der Waals surface area contributed by atoms with Gasteiger partial charge in [-0.15, -0.1) is 0 Å². The van der Waals surface area contributed by atoms with Crippen LogP contribution in [-0.4, -0.2) is 61.6 Å². The first kappa shape index (κ1) is 16.9. The molecule has 0 spiro atoms. The number of aryl methyl sites for hydroxylation is 1. The molecule has 1 fully saturated rings. The number of aromatic nitrogens is 3. The zero-order valence-corrected chi connectivity index (χ0v) is 14.9. The molecular weight excluding hydrogens is 328 g/mol. The van der Waals surface area contributed by atoms with E-state index in [2.05, 4.69) is 31.5 Å². The summed E-state index contributed by atoms with van der Waals surface area (Å²) in [6, 6.07) is 3.51. The van der Waals surface area contributed by atoms with Crippen molar-refractivity contribution in [2.75, 3.05) is 38.6 Å². The summed E-state index contributed by atoms with van der Waals surface area (Å²) >= 11 is 0. The monoisotopic (exact) mass is 350 g/mol. The lowest BCUT2D eigenvalue weighted by Gasteiger charge is -2.39. The number of pyridine rings is 1. The Balaban J connectivity index is 1.81. The van der Waals surface area contributed by atoms with E-state index < -0.39 is 10.0 Å². The van der Waals surface area contributed by atoms with Crippen molar-refractivity contribution in [3.8, 4) is 0 Å². The van der Waals surface area contributed by atoms with Crippen LogP contribution in [-0.2, 0) is 17.1 Å². The lowest BCUT2D eigenvalue weighted by atomic mass is 10.1. The van der Waals surface area contributed by atoms with E-state index in [9.17, 15) is 8.42 Å². The zero-order chi connectivity index (χ0) is 17.3. The molecule has 0 amide bonds. The number of rotatable bonds is 4. The van der Waals surface area contributed by atoms with E-state index in [0.29, 0.717) is 0 Å². The Hall–Kier alpha value is -1.97. The van der Waals surface area contributed by atoms with E-state index in [-0.39, 0.29) is 10.9 Å². The number of anilines is 1. The molecule has 0 saturated carbocycles. The van der Waals surface area contributed by atoms with E-state index in [0.717, 1.165) is 31.3 Å². The van der Waals surface area contributed by atoms with Crippen molar-refractivity contribution in [3.63, 3.8) is 0 Å². The highest BCUT2D eigenvalue weighted by molar-refractivity contribution is 7.89. The summed E-state index contributed by atoms with van der Waals surface area (Å²) in [5, 5.41) is 0. The van der Waals surface area contributed by atoms with Crippen LogP contribution in [0.1, 0.15) is 11.9 Å². The molecule has 1 saturated heterocycles. The minimum atomic E-state index is -3.46. The minimum Gasteiger partial charge on any atom is -0.353 e. The number of hydrogen-bond acceptors (Lipinski definition) is 6. The average Bonchev–Trinajstić information content (AvgIpc) is 3.01. The molecule has 0 aliphatic carbocycles. The zero-order valence-electron chi connectivity index (χ0n) is 14.0. The van der Waals surface area contributed by atoms with Gasteiger partial charge in [0.05, 0.1) is 6.04 Å². The molecule has 0 radical (unpaired) electrons. The average molecular weight is 350 g/mol. The van der Waals surface area contributed by atoms with Crippen molar-refractivity contribution in [1.82, 2.24) is 24.2 Å². The van der Waals surface area contributed by atoms with Crippen molar-refractivity contribution in [3.05, 3.63) is 36.5 Å². The first-order valence-electron chi connectivity index (χ1n) is 7.74. The normalized spacial score (nSPS) is 19.6. The fourth-order valence-electron chi connectivity index (χ4n) is 2.90. The van der Waals surface area contributed by atoms with E-state index >= 15 is 0 Å². The quantitative estimate of drug-likeness (QED) is 0.849. The molecule has 130 valence electrons. The van der Waals surface area contributed by atoms with Gasteiger partial charge in [0.15, 0.2) is 0 Å². The Labute approximate surface area is 142 Å². The Morgan fingerprint density at radius 3 is 2.58 bits per heavy atom. The van der Waals surface area contributed by atoms with Crippen molar-refractivity contribution < 1.29 is 8.42 Å². The first-order valence-corrected chi connectivity index (χ1v) is 9.22. The Morgan fingerprint density at radius 1 is 1.21 bits per heavy atom. The Kier molecular flexibility index (Phi) is 4.57. The molecule has 0 aromatic carbocycles. The van der Waals surface area contributed by atoms with Crippen LogP contribution in [0, 0.1) is 0 Å². The smallest absolute Gasteiger partial charge is 0.241 e. The van der Waals surface area contributed by atoms with Crippen LogP contribution in [0.2, 0.25) is 0 Å². The topological polar surface area (TPSA) is 83.4 Å². The minimum absolute atomic E-state index is 0.168. The van der Waals surface area contributed by atoms with Crippen LogP contribution in [0.5, 0.6) is 0 Å². The van der Waals surface area contributed by atoms with Gasteiger partial charge in [0.2, 0.25) is 10.0 Å². The number of piperazine rings is 1. The maximum absolute atomic E-state index is 11.8. The van der Waals surface area contributed by atoms with Crippen molar-refractivity contribution in [2.24, 2.45) is 7.05 Å². The van der Waals surface area contributed by atoms with Gasteiger partial charge in [-0.2, -0.15) is 0 Å². The molecule has 0 bridgehead atoms. The van der Waals surface area contributed by atoms with E-state index in [1.165, 1.54) is 13.2 Å². The van der Waals surface area contributed by atoms with Crippen molar-refractivity contribution in [1.29, 1.82) is 0 Å². The molecule has 3 rings (SSSR count). The lowest BCUT2D eigenvalue weighted by Crippen LogP contribution is -2.47. The summed E-state index contributed by atoms with van der Waals surface area (Å²) < 4.78 is 27.9. The van der Waals surface area contributed by atoms with Gasteiger partial charge in [0.1, 0.15) is 16.5 Å². The lowest BCUT2D eigenvalue weighted by molar-refractivity contribution is 0.209. The number of nitrogens with one attached hydrogen (secondary N) is 1. The highest BCUT2D eigenvalue weighted by Crippen LogP contribution is 2.25. The van der Waals surface area contributed by atoms with Gasteiger partial charge in [0, 0.05) is 45.3 Å².